The van der Waals surface area contributed by atoms with Crippen molar-refractivity contribution in [2.24, 2.45) is 0 Å². The summed E-state index contributed by atoms with van der Waals surface area (Å²) in [5.41, 5.74) is -5.53. The molecule has 0 radical (unpaired) electrons. The van der Waals surface area contributed by atoms with Crippen LogP contribution in [0.15, 0.2) is 24.3 Å². The summed E-state index contributed by atoms with van der Waals surface area (Å²) >= 11 is 0. The van der Waals surface area contributed by atoms with Crippen molar-refractivity contribution in [1.82, 2.24) is 0 Å². The van der Waals surface area contributed by atoms with E-state index in [9.17, 15) is 13.2 Å². The normalized spacial score (nSPS) is 17.0. The second-order valence-corrected chi connectivity index (χ2v) is 4.43. The molecular weight excluding hydrogens is 245 g/mol. The minimum Gasteiger partial charge on any atom is -0.279 e. The third kappa shape index (κ3) is 7.47. The standard InChI is InChI=1S/C8H12.CHF3O3S/c1-2-4-6-8-7-5-3-1;2-1(3,4)8(5,6)7/h1-2,7-8H,3-6H2;(H,5,6,7). The Hall–Kier alpha value is -0.820. The number of alkyl halides is 3. The summed E-state index contributed by atoms with van der Waals surface area (Å²) in [7, 11) is -5.84. The van der Waals surface area contributed by atoms with Gasteiger partial charge in [-0.05, 0) is 25.7 Å². The van der Waals surface area contributed by atoms with Crippen molar-refractivity contribution in [3.05, 3.63) is 24.3 Å². The molecule has 94 valence electrons. The molecule has 0 unspecified atom stereocenters. The molecule has 1 aliphatic carbocycles. The predicted octanol–water partition coefficient (Wildman–Crippen LogP) is 3.07. The van der Waals surface area contributed by atoms with E-state index in [1.165, 1.54) is 25.7 Å². The van der Waals surface area contributed by atoms with E-state index in [4.69, 9.17) is 13.0 Å². The van der Waals surface area contributed by atoms with E-state index in [2.05, 4.69) is 24.3 Å². The van der Waals surface area contributed by atoms with Crippen LogP contribution in [0.25, 0.3) is 0 Å². The third-order valence-electron chi connectivity index (χ3n) is 1.63. The molecule has 1 aliphatic rings. The summed E-state index contributed by atoms with van der Waals surface area (Å²) in [4.78, 5) is 0. The molecule has 3 nitrogen and oxygen atoms in total. The van der Waals surface area contributed by atoms with Gasteiger partial charge in [-0.2, -0.15) is 21.6 Å². The SMILES string of the molecule is C1=CCCC=CCC1.O=S(=O)(O)C(F)(F)F. The van der Waals surface area contributed by atoms with Crippen LogP contribution in [-0.2, 0) is 10.1 Å². The van der Waals surface area contributed by atoms with Crippen LogP contribution in [0.3, 0.4) is 0 Å². The summed E-state index contributed by atoms with van der Waals surface area (Å²) in [5, 5.41) is 0. The smallest absolute Gasteiger partial charge is 0.279 e. The molecule has 0 saturated heterocycles. The number of rotatable bonds is 0. The van der Waals surface area contributed by atoms with Gasteiger partial charge < -0.3 is 0 Å². The first-order chi connectivity index (χ1) is 7.25. The van der Waals surface area contributed by atoms with Crippen LogP contribution in [0.5, 0.6) is 0 Å². The van der Waals surface area contributed by atoms with Gasteiger partial charge in [-0.15, -0.1) is 0 Å². The minimum absolute atomic E-state index is 1.23. The first-order valence-corrected chi connectivity index (χ1v) is 6.03. The van der Waals surface area contributed by atoms with Crippen LogP contribution < -0.4 is 0 Å². The summed E-state index contributed by atoms with van der Waals surface area (Å²) in [6.07, 6.45) is 14.0. The quantitative estimate of drug-likeness (QED) is 0.412. The lowest BCUT2D eigenvalue weighted by atomic mass is 10.1. The molecule has 1 rings (SSSR count). The van der Waals surface area contributed by atoms with Gasteiger partial charge in [-0.1, -0.05) is 24.3 Å². The van der Waals surface area contributed by atoms with Gasteiger partial charge in [-0.25, -0.2) is 0 Å². The van der Waals surface area contributed by atoms with Crippen molar-refractivity contribution >= 4 is 10.1 Å². The number of hydrogen-bond acceptors (Lipinski definition) is 2. The summed E-state index contributed by atoms with van der Waals surface area (Å²) in [6, 6.07) is 0. The van der Waals surface area contributed by atoms with Gasteiger partial charge in [0.2, 0.25) is 0 Å². The molecule has 0 bridgehead atoms. The highest BCUT2D eigenvalue weighted by Gasteiger charge is 2.44. The van der Waals surface area contributed by atoms with E-state index in [0.717, 1.165) is 0 Å². The fraction of sp³-hybridized carbons (Fsp3) is 0.556. The third-order valence-corrected chi connectivity index (χ3v) is 2.21. The molecule has 0 spiro atoms. The first-order valence-electron chi connectivity index (χ1n) is 4.59. The van der Waals surface area contributed by atoms with Crippen molar-refractivity contribution in [1.29, 1.82) is 0 Å². The molecule has 0 saturated carbocycles. The lowest BCUT2D eigenvalue weighted by molar-refractivity contribution is -0.0510. The van der Waals surface area contributed by atoms with Crippen molar-refractivity contribution < 1.29 is 26.1 Å². The second kappa shape index (κ2) is 6.70. The van der Waals surface area contributed by atoms with Crippen molar-refractivity contribution in [3.63, 3.8) is 0 Å². The van der Waals surface area contributed by atoms with E-state index in [1.807, 2.05) is 0 Å². The van der Waals surface area contributed by atoms with E-state index in [0.29, 0.717) is 0 Å². The molecular formula is C9H13F3O3S. The lowest BCUT2D eigenvalue weighted by Crippen LogP contribution is -2.21. The van der Waals surface area contributed by atoms with Gasteiger partial charge in [0.1, 0.15) is 0 Å². The predicted molar refractivity (Wildman–Crippen MR) is 54.4 cm³/mol. The zero-order valence-corrected chi connectivity index (χ0v) is 9.26. The highest BCUT2D eigenvalue weighted by atomic mass is 32.2. The van der Waals surface area contributed by atoms with E-state index >= 15 is 0 Å². The zero-order chi connectivity index (χ0) is 12.7. The van der Waals surface area contributed by atoms with Crippen molar-refractivity contribution in [3.8, 4) is 0 Å². The summed E-state index contributed by atoms with van der Waals surface area (Å²) < 4.78 is 57.5. The maximum absolute atomic E-state index is 10.7. The van der Waals surface area contributed by atoms with Crippen molar-refractivity contribution in [2.75, 3.05) is 0 Å². The minimum atomic E-state index is -5.84. The Labute approximate surface area is 92.4 Å². The highest BCUT2D eigenvalue weighted by molar-refractivity contribution is 7.86. The Morgan fingerprint density at radius 1 is 0.875 bits per heavy atom. The lowest BCUT2D eigenvalue weighted by Gasteiger charge is -1.97. The van der Waals surface area contributed by atoms with Crippen molar-refractivity contribution in [2.45, 2.75) is 31.2 Å². The second-order valence-electron chi connectivity index (χ2n) is 3.02. The maximum Gasteiger partial charge on any atom is 0.522 e. The van der Waals surface area contributed by atoms with Crippen LogP contribution >= 0.6 is 0 Å². The van der Waals surface area contributed by atoms with Crippen LogP contribution in [-0.4, -0.2) is 18.5 Å². The maximum atomic E-state index is 10.7. The molecule has 7 heteroatoms. The van der Waals surface area contributed by atoms with Gasteiger partial charge in [0, 0.05) is 0 Å². The monoisotopic (exact) mass is 258 g/mol. The zero-order valence-electron chi connectivity index (χ0n) is 8.44. The molecule has 0 aliphatic heterocycles. The highest BCUT2D eigenvalue weighted by Crippen LogP contribution is 2.20. The number of allylic oxidation sites excluding steroid dienone is 4. The van der Waals surface area contributed by atoms with Crippen LogP contribution in [0, 0.1) is 0 Å². The average molecular weight is 258 g/mol. The Morgan fingerprint density at radius 2 is 1.06 bits per heavy atom. The number of halogens is 3. The van der Waals surface area contributed by atoms with Gasteiger partial charge in [0.25, 0.3) is 0 Å². The summed E-state index contributed by atoms with van der Waals surface area (Å²) in [5.74, 6) is 0. The number of hydrogen-bond donors (Lipinski definition) is 1. The molecule has 0 aromatic heterocycles. The van der Waals surface area contributed by atoms with Crippen LogP contribution in [0.1, 0.15) is 25.7 Å². The molecule has 0 heterocycles. The molecule has 16 heavy (non-hydrogen) atoms. The fourth-order valence-electron chi connectivity index (χ4n) is 0.856. The fourth-order valence-corrected chi connectivity index (χ4v) is 0.856. The van der Waals surface area contributed by atoms with E-state index < -0.39 is 15.6 Å². The van der Waals surface area contributed by atoms with E-state index in [-0.39, 0.29) is 0 Å². The Kier molecular flexibility index (Phi) is 6.35. The Bertz CT molecular complexity index is 316. The molecule has 0 aromatic rings. The topological polar surface area (TPSA) is 54.4 Å². The molecule has 0 aromatic carbocycles. The Morgan fingerprint density at radius 3 is 1.19 bits per heavy atom. The first kappa shape index (κ1) is 15.2. The molecule has 0 atom stereocenters. The molecule has 0 amide bonds. The van der Waals surface area contributed by atoms with Crippen LogP contribution in [0.4, 0.5) is 13.2 Å². The van der Waals surface area contributed by atoms with E-state index in [1.54, 1.807) is 0 Å². The molecule has 1 N–H and O–H groups in total. The van der Waals surface area contributed by atoms with Crippen LogP contribution in [0.2, 0.25) is 0 Å². The van der Waals surface area contributed by atoms with Gasteiger partial charge in [-0.3, -0.25) is 4.55 Å². The Balaban J connectivity index is 0.000000281. The van der Waals surface area contributed by atoms with Gasteiger partial charge >= 0.3 is 15.6 Å². The van der Waals surface area contributed by atoms with Gasteiger partial charge in [0.15, 0.2) is 0 Å². The molecule has 0 fully saturated rings. The van der Waals surface area contributed by atoms with Gasteiger partial charge in [0.05, 0.1) is 0 Å². The average Bonchev–Trinajstić information content (AvgIpc) is 1.98. The summed E-state index contributed by atoms with van der Waals surface area (Å²) in [6.45, 7) is 0. The largest absolute Gasteiger partial charge is 0.522 e.